The third-order valence-electron chi connectivity index (χ3n) is 11.6. The van der Waals surface area contributed by atoms with Gasteiger partial charge in [-0.2, -0.15) is 0 Å². The van der Waals surface area contributed by atoms with Crippen LogP contribution in [0, 0.1) is 34.5 Å². The molecule has 3 saturated carbocycles. The fourth-order valence-corrected chi connectivity index (χ4v) is 12.5. The molecule has 0 spiro atoms. The third-order valence-corrected chi connectivity index (χ3v) is 13.9. The van der Waals surface area contributed by atoms with Gasteiger partial charge in [-0.1, -0.05) is 26.0 Å². The second kappa shape index (κ2) is 7.37. The van der Waals surface area contributed by atoms with Crippen molar-refractivity contribution in [1.82, 2.24) is 4.90 Å². The molecule has 7 heteroatoms. The lowest BCUT2D eigenvalue weighted by Gasteiger charge is -2.43. The van der Waals surface area contributed by atoms with E-state index in [2.05, 4.69) is 38.1 Å². The van der Waals surface area contributed by atoms with Crippen molar-refractivity contribution >= 4 is 16.7 Å². The molecule has 6 aliphatic rings. The van der Waals surface area contributed by atoms with E-state index in [0.717, 1.165) is 37.7 Å². The van der Waals surface area contributed by atoms with Gasteiger partial charge in [-0.15, -0.1) is 0 Å². The van der Waals surface area contributed by atoms with Gasteiger partial charge in [0.1, 0.15) is 4.75 Å². The molecule has 0 aromatic heterocycles. The number of carbonyl (C=O) groups excluding carboxylic acids is 1. The number of aliphatic hydroxyl groups is 1. The summed E-state index contributed by atoms with van der Waals surface area (Å²) in [7, 11) is 1.91. The molecule has 4 fully saturated rings. The van der Waals surface area contributed by atoms with Crippen molar-refractivity contribution < 1.29 is 23.6 Å². The minimum Gasteiger partial charge on any atom is -0.493 e. The first-order valence-electron chi connectivity index (χ1n) is 13.5. The monoisotopic (exact) mass is 511 g/mol. The van der Waals surface area contributed by atoms with Crippen LogP contribution in [-0.4, -0.2) is 57.5 Å². The van der Waals surface area contributed by atoms with Crippen molar-refractivity contribution in [3.63, 3.8) is 0 Å². The molecule has 2 heterocycles. The Morgan fingerprint density at radius 3 is 2.56 bits per heavy atom. The summed E-state index contributed by atoms with van der Waals surface area (Å²) in [6.07, 6.45) is 8.46. The summed E-state index contributed by atoms with van der Waals surface area (Å²) in [6.45, 7) is 5.15. The predicted octanol–water partition coefficient (Wildman–Crippen LogP) is 3.64. The van der Waals surface area contributed by atoms with E-state index in [1.807, 2.05) is 4.90 Å². The molecule has 194 valence electrons. The molecule has 4 aliphatic carbocycles. The molecule has 9 atom stereocenters. The largest absolute Gasteiger partial charge is 0.493 e. The SMILES string of the molecule is COc1cc2c(cc1OC)[C@@H]1[C@@H]3[C@@H]4C=C[C@@H](C4)[C@]3([S@](=O)C[C@]34CC[C@H](C[C@H]3O)C4(C)C)C(=O)N1CC2. The molecule has 36 heavy (non-hydrogen) atoms. The number of amides is 1. The molecule has 1 amide bonds. The van der Waals surface area contributed by atoms with Gasteiger partial charge >= 0.3 is 0 Å². The highest BCUT2D eigenvalue weighted by atomic mass is 32.2. The van der Waals surface area contributed by atoms with Gasteiger partial charge in [0.25, 0.3) is 0 Å². The molecule has 4 bridgehead atoms. The van der Waals surface area contributed by atoms with Crippen molar-refractivity contribution in [1.29, 1.82) is 0 Å². The van der Waals surface area contributed by atoms with Crippen LogP contribution in [0.5, 0.6) is 11.5 Å². The van der Waals surface area contributed by atoms with Crippen molar-refractivity contribution in [3.05, 3.63) is 35.4 Å². The van der Waals surface area contributed by atoms with Crippen LogP contribution in [0.3, 0.4) is 0 Å². The maximum atomic E-state index is 14.8. The smallest absolute Gasteiger partial charge is 0.242 e. The Balaban J connectivity index is 1.34. The summed E-state index contributed by atoms with van der Waals surface area (Å²) >= 11 is 0. The normalized spacial score (nSPS) is 43.5. The summed E-state index contributed by atoms with van der Waals surface area (Å²) < 4.78 is 25.1. The van der Waals surface area contributed by atoms with E-state index in [0.29, 0.717) is 29.7 Å². The lowest BCUT2D eigenvalue weighted by molar-refractivity contribution is -0.131. The fraction of sp³-hybridized carbons (Fsp3) is 0.690. The van der Waals surface area contributed by atoms with E-state index in [1.165, 1.54) is 5.56 Å². The average Bonchev–Trinajstić information content (AvgIpc) is 3.62. The van der Waals surface area contributed by atoms with E-state index < -0.39 is 21.7 Å². The van der Waals surface area contributed by atoms with Crippen LogP contribution in [0.2, 0.25) is 0 Å². The second-order valence-electron chi connectivity index (χ2n) is 12.7. The molecule has 1 aromatic rings. The summed E-state index contributed by atoms with van der Waals surface area (Å²) in [5, 5.41) is 11.2. The number of fused-ring (bicyclic) bond motifs is 11. The maximum Gasteiger partial charge on any atom is 0.242 e. The van der Waals surface area contributed by atoms with Crippen molar-refractivity contribution in [2.24, 2.45) is 34.5 Å². The molecule has 2 aliphatic heterocycles. The van der Waals surface area contributed by atoms with E-state index in [1.54, 1.807) is 14.2 Å². The molecular weight excluding hydrogens is 474 g/mol. The topological polar surface area (TPSA) is 76.1 Å². The Morgan fingerprint density at radius 2 is 1.89 bits per heavy atom. The lowest BCUT2D eigenvalue weighted by atomic mass is 9.70. The lowest BCUT2D eigenvalue weighted by Crippen LogP contribution is -2.55. The third kappa shape index (κ3) is 2.48. The highest BCUT2D eigenvalue weighted by Crippen LogP contribution is 2.69. The predicted molar refractivity (Wildman–Crippen MR) is 137 cm³/mol. The maximum absolute atomic E-state index is 14.8. The first-order valence-corrected chi connectivity index (χ1v) is 14.8. The zero-order valence-corrected chi connectivity index (χ0v) is 22.5. The number of allylic oxidation sites excluding steroid dienone is 2. The molecule has 1 N–H and O–H groups in total. The molecule has 1 aromatic carbocycles. The summed E-state index contributed by atoms with van der Waals surface area (Å²) in [4.78, 5) is 16.5. The quantitative estimate of drug-likeness (QED) is 0.611. The van der Waals surface area contributed by atoms with Gasteiger partial charge < -0.3 is 19.5 Å². The zero-order valence-electron chi connectivity index (χ0n) is 21.7. The number of hydrogen-bond acceptors (Lipinski definition) is 5. The first-order chi connectivity index (χ1) is 17.2. The van der Waals surface area contributed by atoms with E-state index in [-0.39, 0.29) is 40.5 Å². The number of nitrogens with zero attached hydrogens (tertiary/aromatic N) is 1. The molecule has 0 unspecified atom stereocenters. The molecule has 7 rings (SSSR count). The summed E-state index contributed by atoms with van der Waals surface area (Å²) in [6, 6.07) is 4.02. The molecule has 0 radical (unpaired) electrons. The van der Waals surface area contributed by atoms with Gasteiger partial charge in [0.15, 0.2) is 11.5 Å². The summed E-state index contributed by atoms with van der Waals surface area (Å²) in [5.74, 6) is 2.59. The number of benzene rings is 1. The molecular formula is C29H37NO5S. The van der Waals surface area contributed by atoms with Crippen molar-refractivity contribution in [3.8, 4) is 11.5 Å². The van der Waals surface area contributed by atoms with Crippen LogP contribution in [0.25, 0.3) is 0 Å². The van der Waals surface area contributed by atoms with Gasteiger partial charge in [-0.3, -0.25) is 9.00 Å². The number of methoxy groups -OCH3 is 2. The van der Waals surface area contributed by atoms with Crippen LogP contribution in [-0.2, 0) is 22.0 Å². The number of rotatable bonds is 5. The second-order valence-corrected chi connectivity index (χ2v) is 14.3. The number of aliphatic hydroxyl groups excluding tert-OH is 1. The Labute approximate surface area is 215 Å². The molecule has 6 nitrogen and oxygen atoms in total. The van der Waals surface area contributed by atoms with Gasteiger partial charge in [0.05, 0.1) is 26.4 Å². The standard InChI is InChI=1S/C29H37NO5S/c1-27(2)18-7-9-28(27,23(31)13-18)15-36(33)29-19-6-5-17(11-19)24(29)25-20-14-22(35-4)21(34-3)12-16(20)8-10-30(25)26(29)32/h5-6,12,14,17-19,23-25,31H,7-11,13,15H2,1-4H3/t17-,18-,19+,23-,24+,25-,28-,29-,36-/m1/s1. The Bertz CT molecular complexity index is 1210. The van der Waals surface area contributed by atoms with Crippen molar-refractivity contribution in [2.45, 2.75) is 62.8 Å². The highest BCUT2D eigenvalue weighted by molar-refractivity contribution is 7.87. The number of hydrogen-bond donors (Lipinski definition) is 1. The molecule has 1 saturated heterocycles. The van der Waals surface area contributed by atoms with Crippen LogP contribution >= 0.6 is 0 Å². The Hall–Kier alpha value is -1.86. The van der Waals surface area contributed by atoms with Gasteiger partial charge in [-0.05, 0) is 72.6 Å². The van der Waals surface area contributed by atoms with Gasteiger partial charge in [0, 0.05) is 40.3 Å². The van der Waals surface area contributed by atoms with E-state index in [9.17, 15) is 14.1 Å². The highest BCUT2D eigenvalue weighted by Gasteiger charge is 2.74. The fourth-order valence-electron chi connectivity index (χ4n) is 9.61. The minimum atomic E-state index is -1.39. The van der Waals surface area contributed by atoms with Crippen LogP contribution < -0.4 is 9.47 Å². The van der Waals surface area contributed by atoms with E-state index in [4.69, 9.17) is 9.47 Å². The summed E-state index contributed by atoms with van der Waals surface area (Å²) in [5.41, 5.74) is 1.88. The number of carbonyl (C=O) groups is 1. The Kier molecular flexibility index (Phi) is 4.77. The average molecular weight is 512 g/mol. The Morgan fingerprint density at radius 1 is 1.14 bits per heavy atom. The van der Waals surface area contributed by atoms with E-state index >= 15 is 0 Å². The first kappa shape index (κ1) is 23.3. The van der Waals surface area contributed by atoms with Gasteiger partial charge in [-0.25, -0.2) is 0 Å². The van der Waals surface area contributed by atoms with Crippen LogP contribution in [0.15, 0.2) is 24.3 Å². The zero-order chi connectivity index (χ0) is 25.2. The van der Waals surface area contributed by atoms with Crippen LogP contribution in [0.4, 0.5) is 0 Å². The number of ether oxygens (including phenoxy) is 2. The van der Waals surface area contributed by atoms with Crippen LogP contribution in [0.1, 0.15) is 56.7 Å². The van der Waals surface area contributed by atoms with Crippen molar-refractivity contribution in [2.75, 3.05) is 26.5 Å². The minimum absolute atomic E-state index is 0.00489. The van der Waals surface area contributed by atoms with Gasteiger partial charge in [0.2, 0.25) is 5.91 Å².